The normalized spacial score (nSPS) is 48.1. The van der Waals surface area contributed by atoms with Crippen LogP contribution in [0.25, 0.3) is 0 Å². The van der Waals surface area contributed by atoms with Crippen molar-refractivity contribution in [2.75, 3.05) is 6.79 Å². The van der Waals surface area contributed by atoms with Crippen molar-refractivity contribution in [3.05, 3.63) is 12.2 Å². The first kappa shape index (κ1) is 12.9. The van der Waals surface area contributed by atoms with Crippen molar-refractivity contribution in [2.45, 2.75) is 51.6 Å². The minimum atomic E-state index is -0.0461. The lowest BCUT2D eigenvalue weighted by molar-refractivity contribution is -0.172. The van der Waals surface area contributed by atoms with Crippen LogP contribution < -0.4 is 0 Å². The van der Waals surface area contributed by atoms with Gasteiger partial charge in [-0.1, -0.05) is 19.1 Å². The van der Waals surface area contributed by atoms with Crippen LogP contribution in [0.5, 0.6) is 0 Å². The maximum atomic E-state index is 12.1. The van der Waals surface area contributed by atoms with E-state index in [0.29, 0.717) is 23.4 Å². The van der Waals surface area contributed by atoms with Gasteiger partial charge in [0.2, 0.25) is 0 Å². The summed E-state index contributed by atoms with van der Waals surface area (Å²) in [4.78, 5) is 12.1. The summed E-state index contributed by atoms with van der Waals surface area (Å²) >= 11 is 0. The van der Waals surface area contributed by atoms with E-state index < -0.39 is 0 Å². The Morgan fingerprint density at radius 2 is 2.20 bits per heavy atom. The molecule has 3 heteroatoms. The quantitative estimate of drug-likeness (QED) is 0.449. The van der Waals surface area contributed by atoms with Crippen molar-refractivity contribution >= 4 is 5.97 Å². The van der Waals surface area contributed by atoms with E-state index in [1.807, 2.05) is 0 Å². The molecular formula is C17H24O3. The summed E-state index contributed by atoms with van der Waals surface area (Å²) in [6, 6.07) is 0. The van der Waals surface area contributed by atoms with E-state index in [4.69, 9.17) is 9.47 Å². The van der Waals surface area contributed by atoms with Gasteiger partial charge in [-0.05, 0) is 61.7 Å². The van der Waals surface area contributed by atoms with Crippen LogP contribution in [-0.2, 0) is 14.3 Å². The lowest BCUT2D eigenvalue weighted by atomic mass is 9.84. The first-order valence-electron chi connectivity index (χ1n) is 8.11. The Morgan fingerprint density at radius 1 is 1.30 bits per heavy atom. The molecular weight excluding hydrogens is 252 g/mol. The Bertz CT molecular complexity index is 444. The molecule has 6 atom stereocenters. The second-order valence-electron chi connectivity index (χ2n) is 7.62. The largest absolute Gasteiger partial charge is 0.438 e. The molecule has 0 aliphatic heterocycles. The third-order valence-corrected chi connectivity index (χ3v) is 6.26. The van der Waals surface area contributed by atoms with Crippen LogP contribution in [0.1, 0.15) is 45.4 Å². The molecule has 4 aliphatic rings. The molecule has 3 fully saturated rings. The number of carbonyl (C=O) groups excluding carboxylic acids is 1. The first-order valence-corrected chi connectivity index (χ1v) is 8.11. The fourth-order valence-electron chi connectivity index (χ4n) is 5.08. The molecule has 3 saturated carbocycles. The summed E-state index contributed by atoms with van der Waals surface area (Å²) in [5.41, 5.74) is 0.340. The van der Waals surface area contributed by atoms with Crippen molar-refractivity contribution < 1.29 is 14.3 Å². The number of allylic oxidation sites excluding steroid dienone is 2. The summed E-state index contributed by atoms with van der Waals surface area (Å²) in [7, 11) is 0. The Kier molecular flexibility index (Phi) is 2.95. The molecule has 20 heavy (non-hydrogen) atoms. The molecule has 0 spiro atoms. The van der Waals surface area contributed by atoms with Gasteiger partial charge in [0, 0.05) is 0 Å². The van der Waals surface area contributed by atoms with Crippen molar-refractivity contribution in [1.82, 2.24) is 0 Å². The third kappa shape index (κ3) is 2.02. The fourth-order valence-corrected chi connectivity index (χ4v) is 5.08. The molecule has 0 heterocycles. The van der Waals surface area contributed by atoms with Gasteiger partial charge in [-0.15, -0.1) is 0 Å². The molecule has 0 amide bonds. The van der Waals surface area contributed by atoms with E-state index in [1.165, 1.54) is 19.3 Å². The molecule has 0 N–H and O–H groups in total. The molecule has 0 aromatic heterocycles. The van der Waals surface area contributed by atoms with Gasteiger partial charge in [-0.2, -0.15) is 0 Å². The molecule has 0 saturated heterocycles. The van der Waals surface area contributed by atoms with E-state index in [1.54, 1.807) is 0 Å². The Balaban J connectivity index is 1.25. The standard InChI is InChI=1S/C17H24O3/c1-17-5-4-12(9-17)8-15(17)19-10-20-16(18)14-7-11-2-3-13(14)6-11/h2-3,11-15H,4-10H2,1H3. The number of rotatable bonds is 4. The van der Waals surface area contributed by atoms with Crippen LogP contribution in [0.3, 0.4) is 0 Å². The number of fused-ring (bicyclic) bond motifs is 4. The van der Waals surface area contributed by atoms with Gasteiger partial charge in [0.25, 0.3) is 0 Å². The Hall–Kier alpha value is -0.830. The zero-order chi connectivity index (χ0) is 13.7. The maximum absolute atomic E-state index is 12.1. The zero-order valence-corrected chi connectivity index (χ0v) is 12.2. The number of esters is 1. The van der Waals surface area contributed by atoms with Crippen molar-refractivity contribution in [2.24, 2.45) is 29.1 Å². The maximum Gasteiger partial charge on any atom is 0.311 e. The zero-order valence-electron chi connectivity index (χ0n) is 12.2. The van der Waals surface area contributed by atoms with Gasteiger partial charge in [0.1, 0.15) is 0 Å². The van der Waals surface area contributed by atoms with Crippen LogP contribution in [0.2, 0.25) is 0 Å². The summed E-state index contributed by atoms with van der Waals surface area (Å²) < 4.78 is 11.3. The van der Waals surface area contributed by atoms with Crippen LogP contribution >= 0.6 is 0 Å². The van der Waals surface area contributed by atoms with Gasteiger partial charge in [-0.3, -0.25) is 4.79 Å². The number of carbonyl (C=O) groups is 1. The van der Waals surface area contributed by atoms with Crippen LogP contribution in [-0.4, -0.2) is 18.9 Å². The molecule has 0 aromatic rings. The Labute approximate surface area is 120 Å². The molecule has 4 aliphatic carbocycles. The van der Waals surface area contributed by atoms with Gasteiger partial charge in [-0.25, -0.2) is 0 Å². The van der Waals surface area contributed by atoms with E-state index in [9.17, 15) is 4.79 Å². The third-order valence-electron chi connectivity index (χ3n) is 6.26. The predicted molar refractivity (Wildman–Crippen MR) is 74.7 cm³/mol. The van der Waals surface area contributed by atoms with Gasteiger partial charge >= 0.3 is 5.97 Å². The van der Waals surface area contributed by atoms with E-state index in [0.717, 1.165) is 25.2 Å². The minimum absolute atomic E-state index is 0.0461. The lowest BCUT2D eigenvalue weighted by Gasteiger charge is -2.31. The number of hydrogen-bond acceptors (Lipinski definition) is 3. The monoisotopic (exact) mass is 276 g/mol. The average Bonchev–Trinajstić information content (AvgIpc) is 3.16. The molecule has 4 bridgehead atoms. The second-order valence-corrected chi connectivity index (χ2v) is 7.62. The predicted octanol–water partition coefficient (Wildman–Crippen LogP) is 3.29. The van der Waals surface area contributed by atoms with E-state index in [2.05, 4.69) is 19.1 Å². The van der Waals surface area contributed by atoms with Crippen molar-refractivity contribution in [3.8, 4) is 0 Å². The van der Waals surface area contributed by atoms with Gasteiger partial charge < -0.3 is 9.47 Å². The molecule has 6 unspecified atom stereocenters. The van der Waals surface area contributed by atoms with Crippen LogP contribution in [0, 0.1) is 29.1 Å². The average molecular weight is 276 g/mol. The second kappa shape index (κ2) is 4.59. The van der Waals surface area contributed by atoms with Gasteiger partial charge in [0.15, 0.2) is 6.79 Å². The van der Waals surface area contributed by atoms with Gasteiger partial charge in [0.05, 0.1) is 12.0 Å². The fraction of sp³-hybridized carbons (Fsp3) is 0.824. The number of hydrogen-bond donors (Lipinski definition) is 0. The van der Waals surface area contributed by atoms with Crippen molar-refractivity contribution in [3.63, 3.8) is 0 Å². The summed E-state index contributed by atoms with van der Waals surface area (Å²) in [6.07, 6.45) is 11.9. The van der Waals surface area contributed by atoms with E-state index in [-0.39, 0.29) is 18.7 Å². The highest BCUT2D eigenvalue weighted by Gasteiger charge is 2.49. The highest BCUT2D eigenvalue weighted by Crippen LogP contribution is 2.55. The van der Waals surface area contributed by atoms with E-state index >= 15 is 0 Å². The highest BCUT2D eigenvalue weighted by molar-refractivity contribution is 5.74. The molecule has 0 aromatic carbocycles. The summed E-state index contributed by atoms with van der Waals surface area (Å²) in [5, 5.41) is 0. The molecule has 3 nitrogen and oxygen atoms in total. The number of ether oxygens (including phenoxy) is 2. The lowest BCUT2D eigenvalue weighted by Crippen LogP contribution is -2.32. The van der Waals surface area contributed by atoms with Crippen molar-refractivity contribution in [1.29, 1.82) is 0 Å². The Morgan fingerprint density at radius 3 is 2.80 bits per heavy atom. The summed E-state index contributed by atoms with van der Waals surface area (Å²) in [6.45, 7) is 2.48. The summed E-state index contributed by atoms with van der Waals surface area (Å²) in [5.74, 6) is 1.92. The highest BCUT2D eigenvalue weighted by atomic mass is 16.7. The smallest absolute Gasteiger partial charge is 0.311 e. The minimum Gasteiger partial charge on any atom is -0.438 e. The first-order chi connectivity index (χ1) is 9.64. The van der Waals surface area contributed by atoms with Crippen LogP contribution in [0.15, 0.2) is 12.2 Å². The van der Waals surface area contributed by atoms with Crippen LogP contribution in [0.4, 0.5) is 0 Å². The topological polar surface area (TPSA) is 35.5 Å². The SMILES string of the molecule is CC12CCC(CC1OCOC(=O)C1CC3C=CC1C3)C2. The molecule has 4 rings (SSSR count). The molecule has 110 valence electrons. The molecule has 0 radical (unpaired) electrons.